The number of hydrogen-bond acceptors (Lipinski definition) is 3. The summed E-state index contributed by atoms with van der Waals surface area (Å²) in [4.78, 5) is 21.0. The second kappa shape index (κ2) is 4.09. The highest BCUT2D eigenvalue weighted by molar-refractivity contribution is 5.92. The summed E-state index contributed by atoms with van der Waals surface area (Å²) in [5.41, 5.74) is 0.0572. The zero-order chi connectivity index (χ0) is 12.4. The van der Waals surface area contributed by atoms with E-state index in [0.717, 1.165) is 6.07 Å². The van der Waals surface area contributed by atoms with Crippen LogP contribution in [0.3, 0.4) is 0 Å². The number of aromatic nitrogens is 1. The minimum atomic E-state index is -1.20. The Kier molecular flexibility index (Phi) is 2.61. The molecule has 6 nitrogen and oxygen atoms in total. The first-order chi connectivity index (χ1) is 8.09. The standard InChI is InChI=1S/C11H8N2O4/c14-11(15)9-7-8(13(16)17)3-4-10(9)12-5-1-2-6-12/h1-7H,(H,14,15). The van der Waals surface area contributed by atoms with Gasteiger partial charge in [-0.25, -0.2) is 4.79 Å². The largest absolute Gasteiger partial charge is 0.478 e. The molecule has 1 aromatic heterocycles. The topological polar surface area (TPSA) is 85.4 Å². The fraction of sp³-hybridized carbons (Fsp3) is 0. The van der Waals surface area contributed by atoms with E-state index >= 15 is 0 Å². The Hall–Kier alpha value is -2.63. The molecule has 0 saturated heterocycles. The molecule has 86 valence electrons. The highest BCUT2D eigenvalue weighted by Crippen LogP contribution is 2.21. The molecule has 0 fully saturated rings. The number of carbonyl (C=O) groups is 1. The van der Waals surface area contributed by atoms with Crippen LogP contribution in [0.2, 0.25) is 0 Å². The Bertz CT molecular complexity index is 575. The number of benzene rings is 1. The van der Waals surface area contributed by atoms with Crippen molar-refractivity contribution in [1.29, 1.82) is 0 Å². The van der Waals surface area contributed by atoms with E-state index in [4.69, 9.17) is 5.11 Å². The van der Waals surface area contributed by atoms with Crippen LogP contribution in [-0.4, -0.2) is 20.6 Å². The van der Waals surface area contributed by atoms with Crippen molar-refractivity contribution < 1.29 is 14.8 Å². The molecule has 0 bridgehead atoms. The van der Waals surface area contributed by atoms with Crippen molar-refractivity contribution >= 4 is 11.7 Å². The average molecular weight is 232 g/mol. The fourth-order valence-electron chi connectivity index (χ4n) is 1.53. The Labute approximate surface area is 95.9 Å². The van der Waals surface area contributed by atoms with E-state index in [2.05, 4.69) is 0 Å². The molecule has 0 saturated carbocycles. The highest BCUT2D eigenvalue weighted by atomic mass is 16.6. The van der Waals surface area contributed by atoms with Crippen molar-refractivity contribution in [2.75, 3.05) is 0 Å². The van der Waals surface area contributed by atoms with Gasteiger partial charge in [-0.1, -0.05) is 0 Å². The molecule has 6 heteroatoms. The summed E-state index contributed by atoms with van der Waals surface area (Å²) in [5, 5.41) is 19.6. The maximum atomic E-state index is 11.1. The van der Waals surface area contributed by atoms with Gasteiger partial charge in [0, 0.05) is 24.5 Å². The lowest BCUT2D eigenvalue weighted by molar-refractivity contribution is -0.384. The summed E-state index contributed by atoms with van der Waals surface area (Å²) in [6.45, 7) is 0. The van der Waals surface area contributed by atoms with Gasteiger partial charge in [0.2, 0.25) is 0 Å². The summed E-state index contributed by atoms with van der Waals surface area (Å²) in [6.07, 6.45) is 3.35. The lowest BCUT2D eigenvalue weighted by atomic mass is 10.1. The number of nitro groups is 1. The molecule has 1 heterocycles. The number of nitro benzene ring substituents is 1. The maximum absolute atomic E-state index is 11.1. The van der Waals surface area contributed by atoms with Crippen LogP contribution in [0.15, 0.2) is 42.7 Å². The van der Waals surface area contributed by atoms with E-state index < -0.39 is 10.9 Å². The summed E-state index contributed by atoms with van der Waals surface area (Å²) < 4.78 is 1.59. The zero-order valence-corrected chi connectivity index (χ0v) is 8.61. The first-order valence-corrected chi connectivity index (χ1v) is 4.74. The molecule has 0 aliphatic rings. The summed E-state index contributed by atoms with van der Waals surface area (Å²) in [6, 6.07) is 7.24. The van der Waals surface area contributed by atoms with Crippen LogP contribution in [0.1, 0.15) is 10.4 Å². The predicted molar refractivity (Wildman–Crippen MR) is 59.4 cm³/mol. The molecular formula is C11H8N2O4. The smallest absolute Gasteiger partial charge is 0.338 e. The lowest BCUT2D eigenvalue weighted by Crippen LogP contribution is -2.05. The second-order valence-electron chi connectivity index (χ2n) is 3.35. The lowest BCUT2D eigenvalue weighted by Gasteiger charge is -2.06. The van der Waals surface area contributed by atoms with Gasteiger partial charge in [-0.05, 0) is 18.2 Å². The molecule has 0 aliphatic heterocycles. The van der Waals surface area contributed by atoms with Crippen LogP contribution in [0.25, 0.3) is 5.69 Å². The van der Waals surface area contributed by atoms with Crippen molar-refractivity contribution in [2.24, 2.45) is 0 Å². The van der Waals surface area contributed by atoms with Crippen LogP contribution >= 0.6 is 0 Å². The van der Waals surface area contributed by atoms with Gasteiger partial charge in [-0.15, -0.1) is 0 Å². The van der Waals surface area contributed by atoms with E-state index in [1.54, 1.807) is 29.1 Å². The zero-order valence-electron chi connectivity index (χ0n) is 8.61. The Morgan fingerprint density at radius 1 is 1.29 bits per heavy atom. The van der Waals surface area contributed by atoms with Gasteiger partial charge < -0.3 is 9.67 Å². The van der Waals surface area contributed by atoms with Gasteiger partial charge in [0.15, 0.2) is 0 Å². The highest BCUT2D eigenvalue weighted by Gasteiger charge is 2.16. The SMILES string of the molecule is O=C(O)c1cc([N+](=O)[O-])ccc1-n1cccc1. The third kappa shape index (κ3) is 2.00. The average Bonchev–Trinajstić information content (AvgIpc) is 2.81. The number of carboxylic acids is 1. The molecule has 1 aromatic carbocycles. The molecule has 0 spiro atoms. The number of carboxylic acid groups (broad SMARTS) is 1. The van der Waals surface area contributed by atoms with Crippen LogP contribution in [0.5, 0.6) is 0 Å². The van der Waals surface area contributed by atoms with Crippen molar-refractivity contribution in [3.05, 3.63) is 58.4 Å². The van der Waals surface area contributed by atoms with E-state index in [1.807, 2.05) is 0 Å². The Balaban J connectivity index is 2.61. The number of aromatic carboxylic acids is 1. The summed E-state index contributed by atoms with van der Waals surface area (Å²) in [7, 11) is 0. The maximum Gasteiger partial charge on any atom is 0.338 e. The van der Waals surface area contributed by atoms with Crippen molar-refractivity contribution in [1.82, 2.24) is 4.57 Å². The number of hydrogen-bond donors (Lipinski definition) is 1. The van der Waals surface area contributed by atoms with Crippen LogP contribution in [0, 0.1) is 10.1 Å². The first-order valence-electron chi connectivity index (χ1n) is 4.74. The van der Waals surface area contributed by atoms with Crippen LogP contribution < -0.4 is 0 Å². The Morgan fingerprint density at radius 3 is 2.47 bits per heavy atom. The van der Waals surface area contributed by atoms with E-state index in [-0.39, 0.29) is 11.3 Å². The third-order valence-corrected chi connectivity index (χ3v) is 2.30. The molecule has 0 radical (unpaired) electrons. The minimum absolute atomic E-state index is 0.101. The van der Waals surface area contributed by atoms with E-state index in [1.165, 1.54) is 12.1 Å². The van der Waals surface area contributed by atoms with Gasteiger partial charge in [0.25, 0.3) is 5.69 Å². The van der Waals surface area contributed by atoms with Crippen molar-refractivity contribution in [3.63, 3.8) is 0 Å². The minimum Gasteiger partial charge on any atom is -0.478 e. The number of rotatable bonds is 3. The second-order valence-corrected chi connectivity index (χ2v) is 3.35. The first kappa shape index (κ1) is 10.9. The molecule has 0 atom stereocenters. The number of nitrogens with zero attached hydrogens (tertiary/aromatic N) is 2. The molecular weight excluding hydrogens is 224 g/mol. The van der Waals surface area contributed by atoms with Crippen LogP contribution in [-0.2, 0) is 0 Å². The molecule has 2 aromatic rings. The van der Waals surface area contributed by atoms with Gasteiger partial charge in [0.1, 0.15) is 0 Å². The molecule has 0 unspecified atom stereocenters. The van der Waals surface area contributed by atoms with Crippen LogP contribution in [0.4, 0.5) is 5.69 Å². The summed E-state index contributed by atoms with van der Waals surface area (Å²) >= 11 is 0. The quantitative estimate of drug-likeness (QED) is 0.648. The van der Waals surface area contributed by atoms with Crippen molar-refractivity contribution in [2.45, 2.75) is 0 Å². The molecule has 0 aliphatic carbocycles. The van der Waals surface area contributed by atoms with Gasteiger partial charge in [-0.2, -0.15) is 0 Å². The third-order valence-electron chi connectivity index (χ3n) is 2.30. The van der Waals surface area contributed by atoms with E-state index in [9.17, 15) is 14.9 Å². The summed E-state index contributed by atoms with van der Waals surface area (Å²) in [5.74, 6) is -1.20. The van der Waals surface area contributed by atoms with Gasteiger partial charge in [-0.3, -0.25) is 10.1 Å². The molecule has 0 amide bonds. The van der Waals surface area contributed by atoms with Gasteiger partial charge in [0.05, 0.1) is 16.2 Å². The van der Waals surface area contributed by atoms with Gasteiger partial charge >= 0.3 is 5.97 Å². The van der Waals surface area contributed by atoms with E-state index in [0.29, 0.717) is 5.69 Å². The molecule has 2 rings (SSSR count). The number of non-ortho nitro benzene ring substituents is 1. The monoisotopic (exact) mass is 232 g/mol. The fourth-order valence-corrected chi connectivity index (χ4v) is 1.53. The van der Waals surface area contributed by atoms with Crippen molar-refractivity contribution in [3.8, 4) is 5.69 Å². The molecule has 17 heavy (non-hydrogen) atoms. The predicted octanol–water partition coefficient (Wildman–Crippen LogP) is 2.08. The molecule has 1 N–H and O–H groups in total. The Morgan fingerprint density at radius 2 is 1.94 bits per heavy atom. The normalized spacial score (nSPS) is 10.1.